The molecule has 0 unspecified atom stereocenters. The number of hydrogen-bond acceptors (Lipinski definition) is 6. The maximum Gasteiger partial charge on any atom is 0.271 e. The van der Waals surface area contributed by atoms with Crippen LogP contribution in [0.25, 0.3) is 16.9 Å². The zero-order chi connectivity index (χ0) is 27.2. The summed E-state index contributed by atoms with van der Waals surface area (Å²) in [6.07, 6.45) is 4.86. The Hall–Kier alpha value is -4.96. The van der Waals surface area contributed by atoms with Gasteiger partial charge in [0, 0.05) is 30.1 Å². The molecule has 0 aliphatic rings. The largest absolute Gasteiger partial charge is 0.384 e. The van der Waals surface area contributed by atoms with E-state index >= 15 is 0 Å². The van der Waals surface area contributed by atoms with Gasteiger partial charge in [-0.15, -0.1) is 0 Å². The third-order valence-electron chi connectivity index (χ3n) is 5.93. The number of hydrogen-bond donors (Lipinski definition) is 4. The van der Waals surface area contributed by atoms with Gasteiger partial charge in [-0.2, -0.15) is 5.10 Å². The Morgan fingerprint density at radius 3 is 2.62 bits per heavy atom. The fraction of sp³-hybridized carbons (Fsp3) is 0.107. The van der Waals surface area contributed by atoms with Crippen LogP contribution in [0.15, 0.2) is 85.3 Å². The van der Waals surface area contributed by atoms with Crippen molar-refractivity contribution in [2.45, 2.75) is 12.8 Å². The highest BCUT2D eigenvalue weighted by atomic mass is 35.5. The summed E-state index contributed by atoms with van der Waals surface area (Å²) in [5.41, 5.74) is 9.20. The second-order valence-electron chi connectivity index (χ2n) is 8.69. The van der Waals surface area contributed by atoms with Crippen molar-refractivity contribution in [2.24, 2.45) is 0 Å². The summed E-state index contributed by atoms with van der Waals surface area (Å²) in [4.78, 5) is 37.6. The SMILES string of the molecule is Nc1cccc(-c2ccc(Cl)c(C(=O)Nc3cc(C(=O)NCCCc4cnc[nH]4)nn3-c3ccccc3)c2)n1. The van der Waals surface area contributed by atoms with Gasteiger partial charge in [-0.1, -0.05) is 41.9 Å². The number of carbonyl (C=O) groups excluding carboxylic acids is 2. The van der Waals surface area contributed by atoms with Crippen LogP contribution in [0.4, 0.5) is 11.6 Å². The first-order valence-electron chi connectivity index (χ1n) is 12.2. The molecule has 0 saturated heterocycles. The first-order chi connectivity index (χ1) is 19.0. The number of nitrogen functional groups attached to an aromatic ring is 1. The maximum absolute atomic E-state index is 13.4. The molecular formula is C28H25ClN8O2. The predicted octanol–water partition coefficient (Wildman–Crippen LogP) is 4.51. The van der Waals surface area contributed by atoms with E-state index in [9.17, 15) is 9.59 Å². The van der Waals surface area contributed by atoms with Gasteiger partial charge in [0.25, 0.3) is 11.8 Å². The number of imidazole rings is 1. The fourth-order valence-corrected chi connectivity index (χ4v) is 4.20. The second-order valence-corrected chi connectivity index (χ2v) is 9.10. The molecule has 11 heteroatoms. The number of halogens is 1. The van der Waals surface area contributed by atoms with Crippen LogP contribution in [0, 0.1) is 0 Å². The topological polar surface area (TPSA) is 144 Å². The number of nitrogens with two attached hydrogens (primary N) is 1. The Kier molecular flexibility index (Phi) is 7.65. The molecule has 10 nitrogen and oxygen atoms in total. The first kappa shape index (κ1) is 25.7. The van der Waals surface area contributed by atoms with E-state index in [1.54, 1.807) is 48.9 Å². The van der Waals surface area contributed by atoms with Gasteiger partial charge in [-0.3, -0.25) is 9.59 Å². The molecule has 2 amide bonds. The third kappa shape index (κ3) is 6.13. The number of amides is 2. The van der Waals surface area contributed by atoms with Crippen LogP contribution in [0.5, 0.6) is 0 Å². The predicted molar refractivity (Wildman–Crippen MR) is 150 cm³/mol. The van der Waals surface area contributed by atoms with Gasteiger partial charge in [0.15, 0.2) is 5.69 Å². The molecule has 0 radical (unpaired) electrons. The Morgan fingerprint density at radius 2 is 1.85 bits per heavy atom. The summed E-state index contributed by atoms with van der Waals surface area (Å²) in [5, 5.41) is 10.5. The lowest BCUT2D eigenvalue weighted by atomic mass is 10.1. The number of benzene rings is 2. The van der Waals surface area contributed by atoms with E-state index in [1.807, 2.05) is 30.3 Å². The molecule has 3 aromatic heterocycles. The average Bonchev–Trinajstić information content (AvgIpc) is 3.62. The second kappa shape index (κ2) is 11.6. The van der Waals surface area contributed by atoms with E-state index in [0.29, 0.717) is 35.1 Å². The summed E-state index contributed by atoms with van der Waals surface area (Å²) >= 11 is 6.40. The van der Waals surface area contributed by atoms with Crippen molar-refractivity contribution >= 4 is 35.1 Å². The number of carbonyl (C=O) groups is 2. The maximum atomic E-state index is 13.4. The van der Waals surface area contributed by atoms with Crippen LogP contribution in [0.1, 0.15) is 33.0 Å². The smallest absolute Gasteiger partial charge is 0.271 e. The Labute approximate surface area is 229 Å². The standard InChI is InChI=1S/C28H25ClN8O2/c29-22-12-11-18(23-9-4-10-25(30)34-23)14-21(22)27(38)35-26-15-24(36-37(26)20-7-2-1-3-8-20)28(39)32-13-5-6-19-16-31-17-33-19/h1-4,7-12,14-17H,5-6,13H2,(H2,30,34)(H,31,33)(H,32,39)(H,35,38). The summed E-state index contributed by atoms with van der Waals surface area (Å²) in [7, 11) is 0. The average molecular weight is 541 g/mol. The number of anilines is 2. The molecule has 0 fully saturated rings. The van der Waals surface area contributed by atoms with E-state index in [4.69, 9.17) is 17.3 Å². The number of nitrogens with one attached hydrogen (secondary N) is 3. The van der Waals surface area contributed by atoms with Gasteiger partial charge >= 0.3 is 0 Å². The molecule has 5 aromatic rings. The third-order valence-corrected chi connectivity index (χ3v) is 6.25. The van der Waals surface area contributed by atoms with E-state index in [0.717, 1.165) is 18.5 Å². The number of H-pyrrole nitrogens is 1. The zero-order valence-corrected chi connectivity index (χ0v) is 21.5. The molecular weight excluding hydrogens is 516 g/mol. The number of pyridine rings is 1. The number of nitrogens with zero attached hydrogens (tertiary/aromatic N) is 4. The molecule has 0 aliphatic heterocycles. The monoisotopic (exact) mass is 540 g/mol. The number of aryl methyl sites for hydroxylation is 1. The van der Waals surface area contributed by atoms with Crippen LogP contribution in [0.2, 0.25) is 5.02 Å². The zero-order valence-electron chi connectivity index (χ0n) is 20.8. The number of para-hydroxylation sites is 1. The van der Waals surface area contributed by atoms with Crippen LogP contribution < -0.4 is 16.4 Å². The first-order valence-corrected chi connectivity index (χ1v) is 12.6. The van der Waals surface area contributed by atoms with Crippen LogP contribution in [-0.4, -0.2) is 43.1 Å². The molecule has 3 heterocycles. The van der Waals surface area contributed by atoms with Crippen molar-refractivity contribution in [3.63, 3.8) is 0 Å². The van der Waals surface area contributed by atoms with Gasteiger partial charge in [-0.05, 0) is 49.2 Å². The highest BCUT2D eigenvalue weighted by molar-refractivity contribution is 6.34. The van der Waals surface area contributed by atoms with E-state index in [1.165, 1.54) is 10.7 Å². The lowest BCUT2D eigenvalue weighted by Crippen LogP contribution is -2.25. The molecule has 0 bridgehead atoms. The number of aromatic nitrogens is 5. The van der Waals surface area contributed by atoms with Gasteiger partial charge in [-0.25, -0.2) is 14.6 Å². The molecule has 0 atom stereocenters. The van der Waals surface area contributed by atoms with Crippen molar-refractivity contribution in [1.82, 2.24) is 30.0 Å². The summed E-state index contributed by atoms with van der Waals surface area (Å²) in [5.74, 6) is -0.128. The van der Waals surface area contributed by atoms with E-state index in [2.05, 4.69) is 30.7 Å². The molecule has 2 aromatic carbocycles. The highest BCUT2D eigenvalue weighted by Gasteiger charge is 2.19. The van der Waals surface area contributed by atoms with Crippen LogP contribution in [0.3, 0.4) is 0 Å². The van der Waals surface area contributed by atoms with Gasteiger partial charge in [0.05, 0.1) is 28.3 Å². The molecule has 0 saturated carbocycles. The molecule has 0 aliphatic carbocycles. The van der Waals surface area contributed by atoms with Crippen molar-refractivity contribution in [1.29, 1.82) is 0 Å². The lowest BCUT2D eigenvalue weighted by Gasteiger charge is -2.11. The molecule has 0 spiro atoms. The normalized spacial score (nSPS) is 10.8. The number of rotatable bonds is 9. The summed E-state index contributed by atoms with van der Waals surface area (Å²) < 4.78 is 1.51. The van der Waals surface area contributed by atoms with Crippen molar-refractivity contribution in [3.8, 4) is 16.9 Å². The lowest BCUT2D eigenvalue weighted by molar-refractivity contribution is 0.0947. The Morgan fingerprint density at radius 1 is 1.00 bits per heavy atom. The molecule has 196 valence electrons. The van der Waals surface area contributed by atoms with Crippen LogP contribution >= 0.6 is 11.6 Å². The molecule has 5 N–H and O–H groups in total. The minimum atomic E-state index is -0.464. The van der Waals surface area contributed by atoms with E-state index < -0.39 is 5.91 Å². The van der Waals surface area contributed by atoms with E-state index in [-0.39, 0.29) is 22.2 Å². The molecule has 39 heavy (non-hydrogen) atoms. The summed E-state index contributed by atoms with van der Waals surface area (Å²) in [6.45, 7) is 0.457. The minimum Gasteiger partial charge on any atom is -0.384 e. The molecule has 5 rings (SSSR count). The van der Waals surface area contributed by atoms with Crippen molar-refractivity contribution in [2.75, 3.05) is 17.6 Å². The number of aromatic amines is 1. The van der Waals surface area contributed by atoms with Gasteiger partial charge in [0.1, 0.15) is 11.6 Å². The quantitative estimate of drug-likeness (QED) is 0.202. The van der Waals surface area contributed by atoms with Crippen molar-refractivity contribution in [3.05, 3.63) is 107 Å². The summed E-state index contributed by atoms with van der Waals surface area (Å²) in [6, 6.07) is 21.1. The van der Waals surface area contributed by atoms with Crippen molar-refractivity contribution < 1.29 is 9.59 Å². The minimum absolute atomic E-state index is 0.166. The Balaban J connectivity index is 1.37. The van der Waals surface area contributed by atoms with Gasteiger partial charge in [0.2, 0.25) is 0 Å². The van der Waals surface area contributed by atoms with Crippen LogP contribution in [-0.2, 0) is 6.42 Å². The highest BCUT2D eigenvalue weighted by Crippen LogP contribution is 2.26. The Bertz CT molecular complexity index is 1600. The fourth-order valence-electron chi connectivity index (χ4n) is 3.99. The van der Waals surface area contributed by atoms with Gasteiger partial charge < -0.3 is 21.4 Å².